The van der Waals surface area contributed by atoms with Crippen LogP contribution in [0.15, 0.2) is 6.07 Å². The smallest absolute Gasteiger partial charge is 0.328 e. The van der Waals surface area contributed by atoms with Crippen molar-refractivity contribution in [3.63, 3.8) is 0 Å². The molecule has 0 N–H and O–H groups in total. The number of carbonyl (C=O) groups excluding carboxylic acids is 1. The van der Waals surface area contributed by atoms with Crippen LogP contribution in [0.1, 0.15) is 19.5 Å². The van der Waals surface area contributed by atoms with Crippen molar-refractivity contribution in [2.75, 3.05) is 0 Å². The molecule has 0 saturated carbocycles. The van der Waals surface area contributed by atoms with E-state index >= 15 is 0 Å². The number of halogens is 1. The Bertz CT molecular complexity index is 334. The van der Waals surface area contributed by atoms with Crippen molar-refractivity contribution < 1.29 is 9.53 Å². The molecule has 0 aromatic carbocycles. The normalized spacial score (nSPS) is 10.6. The van der Waals surface area contributed by atoms with Gasteiger partial charge in [-0.1, -0.05) is 0 Å². The lowest BCUT2D eigenvalue weighted by atomic mass is 10.4. The van der Waals surface area contributed by atoms with Gasteiger partial charge in [0.2, 0.25) is 0 Å². The van der Waals surface area contributed by atoms with E-state index in [1.807, 2.05) is 26.8 Å². The van der Waals surface area contributed by atoms with Gasteiger partial charge in [-0.05, 0) is 49.4 Å². The zero-order chi connectivity index (χ0) is 10.7. The highest BCUT2D eigenvalue weighted by molar-refractivity contribution is 14.1. The fourth-order valence-corrected chi connectivity index (χ4v) is 1.76. The molecule has 0 atom stereocenters. The van der Waals surface area contributed by atoms with Crippen LogP contribution in [-0.4, -0.2) is 21.9 Å². The quantitative estimate of drug-likeness (QED) is 0.631. The Morgan fingerprint density at radius 2 is 2.36 bits per heavy atom. The summed E-state index contributed by atoms with van der Waals surface area (Å²) in [6.45, 7) is 5.76. The Hall–Kier alpha value is -0.590. The van der Waals surface area contributed by atoms with Crippen molar-refractivity contribution >= 4 is 28.6 Å². The Morgan fingerprint density at radius 3 is 2.79 bits per heavy atom. The fourth-order valence-electron chi connectivity index (χ4n) is 1.05. The molecule has 1 heterocycles. The van der Waals surface area contributed by atoms with E-state index in [1.165, 1.54) is 0 Å². The van der Waals surface area contributed by atoms with Crippen molar-refractivity contribution in [2.24, 2.45) is 0 Å². The van der Waals surface area contributed by atoms with Gasteiger partial charge in [-0.15, -0.1) is 0 Å². The van der Waals surface area contributed by atoms with Crippen LogP contribution in [0.3, 0.4) is 0 Å². The Morgan fingerprint density at radius 1 is 1.71 bits per heavy atom. The van der Waals surface area contributed by atoms with E-state index in [9.17, 15) is 4.79 Å². The highest BCUT2D eigenvalue weighted by Crippen LogP contribution is 2.06. The zero-order valence-electron chi connectivity index (χ0n) is 8.45. The largest absolute Gasteiger partial charge is 0.462 e. The number of carbonyl (C=O) groups is 1. The molecule has 0 amide bonds. The minimum Gasteiger partial charge on any atom is -0.462 e. The minimum absolute atomic E-state index is 0.0718. The van der Waals surface area contributed by atoms with Crippen LogP contribution in [0.25, 0.3) is 0 Å². The zero-order valence-corrected chi connectivity index (χ0v) is 10.6. The molecule has 0 unspecified atom stereocenters. The maximum Gasteiger partial charge on any atom is 0.328 e. The van der Waals surface area contributed by atoms with Crippen molar-refractivity contribution in [3.8, 4) is 0 Å². The SMILES string of the molecule is Cc1cc(I)nn1CC(=O)OC(C)C. The Labute approximate surface area is 96.8 Å². The summed E-state index contributed by atoms with van der Waals surface area (Å²) in [6, 6.07) is 1.92. The molecule has 0 fully saturated rings. The summed E-state index contributed by atoms with van der Waals surface area (Å²) in [7, 11) is 0. The first-order chi connectivity index (χ1) is 6.49. The van der Waals surface area contributed by atoms with Gasteiger partial charge in [-0.3, -0.25) is 9.48 Å². The van der Waals surface area contributed by atoms with Gasteiger partial charge in [0.25, 0.3) is 0 Å². The van der Waals surface area contributed by atoms with E-state index < -0.39 is 0 Å². The van der Waals surface area contributed by atoms with Gasteiger partial charge in [-0.25, -0.2) is 0 Å². The number of ether oxygens (including phenoxy) is 1. The summed E-state index contributed by atoms with van der Waals surface area (Å²) in [4.78, 5) is 11.3. The second-order valence-corrected chi connectivity index (χ2v) is 4.41. The van der Waals surface area contributed by atoms with Crippen LogP contribution < -0.4 is 0 Å². The van der Waals surface area contributed by atoms with Crippen LogP contribution in [0.2, 0.25) is 0 Å². The molecule has 0 aliphatic heterocycles. The molecule has 0 radical (unpaired) electrons. The maximum atomic E-state index is 11.3. The second kappa shape index (κ2) is 4.77. The molecule has 1 rings (SSSR count). The van der Waals surface area contributed by atoms with E-state index in [1.54, 1.807) is 4.68 Å². The molecule has 1 aromatic heterocycles. The topological polar surface area (TPSA) is 44.1 Å². The van der Waals surface area contributed by atoms with Crippen LogP contribution in [0.5, 0.6) is 0 Å². The first-order valence-electron chi connectivity index (χ1n) is 4.38. The molecule has 78 valence electrons. The van der Waals surface area contributed by atoms with E-state index in [0.29, 0.717) is 0 Å². The number of hydrogen-bond donors (Lipinski definition) is 0. The summed E-state index contributed by atoms with van der Waals surface area (Å²) in [5.74, 6) is -0.248. The highest BCUT2D eigenvalue weighted by Gasteiger charge is 2.09. The number of esters is 1. The average Bonchev–Trinajstić information content (AvgIpc) is 2.28. The maximum absolute atomic E-state index is 11.3. The number of rotatable bonds is 3. The molecule has 1 aromatic rings. The average molecular weight is 308 g/mol. The van der Waals surface area contributed by atoms with Gasteiger partial charge in [0.1, 0.15) is 10.2 Å². The first kappa shape index (κ1) is 11.5. The molecule has 0 aliphatic rings. The minimum atomic E-state index is -0.248. The van der Waals surface area contributed by atoms with Gasteiger partial charge in [0.15, 0.2) is 0 Å². The van der Waals surface area contributed by atoms with E-state index in [2.05, 4.69) is 27.7 Å². The third kappa shape index (κ3) is 3.28. The molecule has 0 bridgehead atoms. The standard InChI is InChI=1S/C9H13IN2O2/c1-6(2)14-9(13)5-12-7(3)4-8(10)11-12/h4,6H,5H2,1-3H3. The van der Waals surface area contributed by atoms with E-state index in [0.717, 1.165) is 9.39 Å². The summed E-state index contributed by atoms with van der Waals surface area (Å²) in [6.07, 6.45) is -0.0718. The van der Waals surface area contributed by atoms with E-state index in [4.69, 9.17) is 4.74 Å². The molecule has 0 saturated heterocycles. The molecule has 0 spiro atoms. The Balaban J connectivity index is 2.60. The highest BCUT2D eigenvalue weighted by atomic mass is 127. The van der Waals surface area contributed by atoms with Crippen molar-refractivity contribution in [1.82, 2.24) is 9.78 Å². The molecular weight excluding hydrogens is 295 g/mol. The third-order valence-corrected chi connectivity index (χ3v) is 2.12. The third-order valence-electron chi connectivity index (χ3n) is 1.60. The fraction of sp³-hybridized carbons (Fsp3) is 0.556. The molecular formula is C9H13IN2O2. The van der Waals surface area contributed by atoms with Gasteiger partial charge >= 0.3 is 5.97 Å². The summed E-state index contributed by atoms with van der Waals surface area (Å²) >= 11 is 2.11. The number of hydrogen-bond acceptors (Lipinski definition) is 3. The van der Waals surface area contributed by atoms with E-state index in [-0.39, 0.29) is 18.6 Å². The lowest BCUT2D eigenvalue weighted by Crippen LogP contribution is -2.18. The molecule has 0 aliphatic carbocycles. The van der Waals surface area contributed by atoms with Crippen molar-refractivity contribution in [2.45, 2.75) is 33.4 Å². The van der Waals surface area contributed by atoms with Crippen LogP contribution in [0.4, 0.5) is 0 Å². The Kier molecular flexibility index (Phi) is 3.91. The predicted octanol–water partition coefficient (Wildman–Crippen LogP) is 1.75. The van der Waals surface area contributed by atoms with Gasteiger partial charge in [-0.2, -0.15) is 5.10 Å². The van der Waals surface area contributed by atoms with Crippen molar-refractivity contribution in [1.29, 1.82) is 0 Å². The monoisotopic (exact) mass is 308 g/mol. The van der Waals surface area contributed by atoms with Crippen LogP contribution in [-0.2, 0) is 16.1 Å². The van der Waals surface area contributed by atoms with Gasteiger partial charge < -0.3 is 4.74 Å². The summed E-state index contributed by atoms with van der Waals surface area (Å²) in [5.41, 5.74) is 0.968. The van der Waals surface area contributed by atoms with Crippen molar-refractivity contribution in [3.05, 3.63) is 15.5 Å². The van der Waals surface area contributed by atoms with Gasteiger partial charge in [0, 0.05) is 5.69 Å². The number of aromatic nitrogens is 2. The second-order valence-electron chi connectivity index (χ2n) is 3.30. The number of aryl methyl sites for hydroxylation is 1. The molecule has 5 heteroatoms. The van der Waals surface area contributed by atoms with Crippen LogP contribution >= 0.6 is 22.6 Å². The lowest BCUT2D eigenvalue weighted by molar-refractivity contribution is -0.148. The molecule has 14 heavy (non-hydrogen) atoms. The number of nitrogens with zero attached hydrogens (tertiary/aromatic N) is 2. The summed E-state index contributed by atoms with van der Waals surface area (Å²) < 4.78 is 7.55. The molecule has 4 nitrogen and oxygen atoms in total. The van der Waals surface area contributed by atoms with Crippen LogP contribution in [0, 0.1) is 10.6 Å². The lowest BCUT2D eigenvalue weighted by Gasteiger charge is -2.08. The predicted molar refractivity (Wildman–Crippen MR) is 60.9 cm³/mol. The first-order valence-corrected chi connectivity index (χ1v) is 5.46. The van der Waals surface area contributed by atoms with Gasteiger partial charge in [0.05, 0.1) is 6.10 Å². The summed E-state index contributed by atoms with van der Waals surface area (Å²) in [5, 5.41) is 4.16.